The zero-order valence-electron chi connectivity index (χ0n) is 11.9. The third kappa shape index (κ3) is 2.20. The highest BCUT2D eigenvalue weighted by molar-refractivity contribution is 5.43. The Morgan fingerprint density at radius 1 is 1.00 bits per heavy atom. The smallest absolute Gasteiger partial charge is 0.118 e. The summed E-state index contributed by atoms with van der Waals surface area (Å²) in [5.74, 6) is 0.902. The van der Waals surface area contributed by atoms with Crippen LogP contribution in [0.1, 0.15) is 30.4 Å². The topological polar surface area (TPSA) is 35.2 Å². The SMILES string of the molecule is COc1ccc(C2(c3ccccc3)CCC(N)C2)cc1. The van der Waals surface area contributed by atoms with E-state index in [1.165, 1.54) is 11.1 Å². The van der Waals surface area contributed by atoms with Crippen LogP contribution in [0.4, 0.5) is 0 Å². The van der Waals surface area contributed by atoms with E-state index in [0.717, 1.165) is 25.0 Å². The minimum absolute atomic E-state index is 0.0624. The van der Waals surface area contributed by atoms with Crippen LogP contribution in [0.3, 0.4) is 0 Å². The van der Waals surface area contributed by atoms with Crippen molar-refractivity contribution in [1.82, 2.24) is 0 Å². The number of hydrogen-bond acceptors (Lipinski definition) is 2. The number of hydrogen-bond donors (Lipinski definition) is 1. The van der Waals surface area contributed by atoms with Crippen LogP contribution in [0.25, 0.3) is 0 Å². The van der Waals surface area contributed by atoms with Gasteiger partial charge in [0.1, 0.15) is 5.75 Å². The Morgan fingerprint density at radius 2 is 1.65 bits per heavy atom. The normalized spacial score (nSPS) is 25.6. The monoisotopic (exact) mass is 267 g/mol. The zero-order valence-corrected chi connectivity index (χ0v) is 11.9. The molecule has 2 atom stereocenters. The van der Waals surface area contributed by atoms with Gasteiger partial charge in [0.2, 0.25) is 0 Å². The Balaban J connectivity index is 2.06. The molecule has 1 aliphatic rings. The van der Waals surface area contributed by atoms with E-state index in [4.69, 9.17) is 10.5 Å². The maximum atomic E-state index is 6.22. The van der Waals surface area contributed by atoms with Crippen LogP contribution in [-0.4, -0.2) is 13.2 Å². The highest BCUT2D eigenvalue weighted by Gasteiger charge is 2.40. The summed E-state index contributed by atoms with van der Waals surface area (Å²) in [5.41, 5.74) is 9.00. The molecule has 1 saturated carbocycles. The lowest BCUT2D eigenvalue weighted by Gasteiger charge is -2.31. The first-order valence-corrected chi connectivity index (χ1v) is 7.20. The summed E-state index contributed by atoms with van der Waals surface area (Å²) in [6.45, 7) is 0. The number of methoxy groups -OCH3 is 1. The quantitative estimate of drug-likeness (QED) is 0.924. The Hall–Kier alpha value is -1.80. The maximum Gasteiger partial charge on any atom is 0.118 e. The zero-order chi connectivity index (χ0) is 14.0. The van der Waals surface area contributed by atoms with Gasteiger partial charge < -0.3 is 10.5 Å². The number of ether oxygens (including phenoxy) is 1. The highest BCUT2D eigenvalue weighted by atomic mass is 16.5. The first kappa shape index (κ1) is 13.2. The van der Waals surface area contributed by atoms with Crippen molar-refractivity contribution in [3.63, 3.8) is 0 Å². The van der Waals surface area contributed by atoms with Crippen LogP contribution in [0.5, 0.6) is 5.75 Å². The van der Waals surface area contributed by atoms with Gasteiger partial charge in [0.15, 0.2) is 0 Å². The van der Waals surface area contributed by atoms with E-state index in [-0.39, 0.29) is 11.5 Å². The van der Waals surface area contributed by atoms with Gasteiger partial charge in [-0.3, -0.25) is 0 Å². The van der Waals surface area contributed by atoms with Crippen LogP contribution in [-0.2, 0) is 5.41 Å². The maximum absolute atomic E-state index is 6.22. The lowest BCUT2D eigenvalue weighted by Crippen LogP contribution is -2.27. The van der Waals surface area contributed by atoms with Gasteiger partial charge in [-0.2, -0.15) is 0 Å². The molecule has 104 valence electrons. The Labute approximate surface area is 120 Å². The molecule has 2 aromatic rings. The van der Waals surface area contributed by atoms with Crippen molar-refractivity contribution in [3.8, 4) is 5.75 Å². The Morgan fingerprint density at radius 3 is 2.20 bits per heavy atom. The summed E-state index contributed by atoms with van der Waals surface area (Å²) < 4.78 is 5.27. The molecule has 2 aromatic carbocycles. The van der Waals surface area contributed by atoms with Crippen molar-refractivity contribution in [3.05, 3.63) is 65.7 Å². The molecule has 0 spiro atoms. The van der Waals surface area contributed by atoms with E-state index in [0.29, 0.717) is 0 Å². The van der Waals surface area contributed by atoms with E-state index in [2.05, 4.69) is 42.5 Å². The summed E-state index contributed by atoms with van der Waals surface area (Å²) in [4.78, 5) is 0. The predicted molar refractivity (Wildman–Crippen MR) is 82.0 cm³/mol. The Bertz CT molecular complexity index is 564. The van der Waals surface area contributed by atoms with Gasteiger partial charge in [0, 0.05) is 11.5 Å². The van der Waals surface area contributed by atoms with Crippen LogP contribution in [0.15, 0.2) is 54.6 Å². The van der Waals surface area contributed by atoms with Crippen molar-refractivity contribution >= 4 is 0 Å². The second-order valence-corrected chi connectivity index (χ2v) is 5.68. The van der Waals surface area contributed by atoms with Crippen LogP contribution in [0, 0.1) is 0 Å². The van der Waals surface area contributed by atoms with Gasteiger partial charge in [-0.25, -0.2) is 0 Å². The molecule has 0 bridgehead atoms. The van der Waals surface area contributed by atoms with Crippen molar-refractivity contribution in [2.45, 2.75) is 30.7 Å². The fourth-order valence-corrected chi connectivity index (χ4v) is 3.44. The van der Waals surface area contributed by atoms with Crippen molar-refractivity contribution in [1.29, 1.82) is 0 Å². The molecule has 20 heavy (non-hydrogen) atoms. The lowest BCUT2D eigenvalue weighted by atomic mass is 9.73. The van der Waals surface area contributed by atoms with Gasteiger partial charge in [-0.05, 0) is 42.5 Å². The summed E-state index contributed by atoms with van der Waals surface area (Å²) in [5, 5.41) is 0. The molecule has 0 saturated heterocycles. The largest absolute Gasteiger partial charge is 0.497 e. The molecular formula is C18H21NO. The number of benzene rings is 2. The van der Waals surface area contributed by atoms with E-state index >= 15 is 0 Å². The molecule has 0 radical (unpaired) electrons. The van der Waals surface area contributed by atoms with Crippen LogP contribution >= 0.6 is 0 Å². The second kappa shape index (κ2) is 5.29. The molecule has 0 amide bonds. The van der Waals surface area contributed by atoms with Crippen molar-refractivity contribution in [2.24, 2.45) is 5.73 Å². The number of rotatable bonds is 3. The number of nitrogens with two attached hydrogens (primary N) is 1. The van der Waals surface area contributed by atoms with Crippen molar-refractivity contribution < 1.29 is 4.74 Å². The van der Waals surface area contributed by atoms with Gasteiger partial charge in [-0.1, -0.05) is 42.5 Å². The fraction of sp³-hybridized carbons (Fsp3) is 0.333. The molecular weight excluding hydrogens is 246 g/mol. The molecule has 0 aromatic heterocycles. The molecule has 2 unspecified atom stereocenters. The van der Waals surface area contributed by atoms with Gasteiger partial charge in [-0.15, -0.1) is 0 Å². The molecule has 1 aliphatic carbocycles. The fourth-order valence-electron chi connectivity index (χ4n) is 3.44. The van der Waals surface area contributed by atoms with E-state index in [1.807, 2.05) is 12.1 Å². The summed E-state index contributed by atoms with van der Waals surface area (Å²) >= 11 is 0. The molecule has 3 rings (SSSR count). The average molecular weight is 267 g/mol. The first-order valence-electron chi connectivity index (χ1n) is 7.20. The van der Waals surface area contributed by atoms with Gasteiger partial charge in [0.05, 0.1) is 7.11 Å². The molecule has 2 heteroatoms. The van der Waals surface area contributed by atoms with Crippen molar-refractivity contribution in [2.75, 3.05) is 7.11 Å². The third-order valence-corrected chi connectivity index (χ3v) is 4.52. The molecule has 2 N–H and O–H groups in total. The third-order valence-electron chi connectivity index (χ3n) is 4.52. The van der Waals surface area contributed by atoms with Crippen LogP contribution in [0.2, 0.25) is 0 Å². The first-order chi connectivity index (χ1) is 9.74. The summed E-state index contributed by atoms with van der Waals surface area (Å²) in [6.07, 6.45) is 3.22. The summed E-state index contributed by atoms with van der Waals surface area (Å²) in [6, 6.07) is 19.5. The van der Waals surface area contributed by atoms with Gasteiger partial charge in [0.25, 0.3) is 0 Å². The lowest BCUT2D eigenvalue weighted by molar-refractivity contribution is 0.414. The molecule has 2 nitrogen and oxygen atoms in total. The van der Waals surface area contributed by atoms with E-state index < -0.39 is 0 Å². The average Bonchev–Trinajstić information content (AvgIpc) is 2.92. The van der Waals surface area contributed by atoms with E-state index in [9.17, 15) is 0 Å². The minimum atomic E-state index is 0.0624. The van der Waals surface area contributed by atoms with Gasteiger partial charge >= 0.3 is 0 Å². The predicted octanol–water partition coefficient (Wildman–Crippen LogP) is 3.49. The standard InChI is InChI=1S/C18H21NO/c1-20-17-9-7-15(8-10-17)18(12-11-16(19)13-18)14-5-3-2-4-6-14/h2-10,16H,11-13,19H2,1H3. The highest BCUT2D eigenvalue weighted by Crippen LogP contribution is 2.46. The second-order valence-electron chi connectivity index (χ2n) is 5.68. The molecule has 0 aliphatic heterocycles. The minimum Gasteiger partial charge on any atom is -0.497 e. The Kier molecular flexibility index (Phi) is 3.49. The van der Waals surface area contributed by atoms with Crippen LogP contribution < -0.4 is 10.5 Å². The summed E-state index contributed by atoms with van der Waals surface area (Å²) in [7, 11) is 1.70. The molecule has 1 fully saturated rings. The van der Waals surface area contributed by atoms with E-state index in [1.54, 1.807) is 7.11 Å². The molecule has 0 heterocycles.